The lowest BCUT2D eigenvalue weighted by Crippen LogP contribution is -2.23. The number of sulfonamides is 1. The Morgan fingerprint density at radius 1 is 1.00 bits per heavy atom. The van der Waals surface area contributed by atoms with Gasteiger partial charge in [0.05, 0.1) is 12.0 Å². The molecule has 0 radical (unpaired) electrons. The maximum absolute atomic E-state index is 12.5. The topological polar surface area (TPSA) is 93.7 Å². The van der Waals surface area contributed by atoms with Crippen molar-refractivity contribution in [1.82, 2.24) is 5.32 Å². The molecule has 0 unspecified atom stereocenters. The molecule has 0 fully saturated rings. The van der Waals surface area contributed by atoms with Crippen LogP contribution in [-0.4, -0.2) is 28.0 Å². The number of methoxy groups -OCH3 is 1. The fourth-order valence-corrected chi connectivity index (χ4v) is 4.00. The summed E-state index contributed by atoms with van der Waals surface area (Å²) in [5, 5.41) is 3.15. The van der Waals surface area contributed by atoms with Crippen molar-refractivity contribution >= 4 is 33.2 Å². The molecule has 33 heavy (non-hydrogen) atoms. The first-order valence-electron chi connectivity index (χ1n) is 9.46. The van der Waals surface area contributed by atoms with E-state index in [-0.39, 0.29) is 28.5 Å². The second-order valence-electron chi connectivity index (χ2n) is 6.68. The van der Waals surface area contributed by atoms with E-state index < -0.39 is 22.5 Å². The molecular formula is C22H19ClF2N2O5S. The molecule has 0 aromatic heterocycles. The number of alkyl halides is 2. The lowest BCUT2D eigenvalue weighted by molar-refractivity contribution is -0.0512. The zero-order valence-corrected chi connectivity index (χ0v) is 18.8. The number of carbonyl (C=O) groups is 1. The summed E-state index contributed by atoms with van der Waals surface area (Å²) in [5.74, 6) is -0.465. The van der Waals surface area contributed by atoms with Crippen LogP contribution < -0.4 is 19.5 Å². The molecule has 0 saturated heterocycles. The number of hydrogen-bond acceptors (Lipinski definition) is 5. The Balaban J connectivity index is 1.64. The molecular weight excluding hydrogens is 478 g/mol. The zero-order valence-electron chi connectivity index (χ0n) is 17.2. The quantitative estimate of drug-likeness (QED) is 0.448. The second-order valence-corrected chi connectivity index (χ2v) is 8.80. The van der Waals surface area contributed by atoms with Crippen molar-refractivity contribution in [3.05, 3.63) is 82.9 Å². The second kappa shape index (κ2) is 10.5. The van der Waals surface area contributed by atoms with E-state index in [4.69, 9.17) is 16.3 Å². The van der Waals surface area contributed by atoms with Crippen molar-refractivity contribution < 1.29 is 31.5 Å². The van der Waals surface area contributed by atoms with Crippen molar-refractivity contribution in [2.75, 3.05) is 11.8 Å². The van der Waals surface area contributed by atoms with Gasteiger partial charge in [0.2, 0.25) is 0 Å². The van der Waals surface area contributed by atoms with Gasteiger partial charge in [-0.15, -0.1) is 0 Å². The normalized spacial score (nSPS) is 11.2. The molecule has 0 saturated carbocycles. The Hall–Kier alpha value is -3.37. The van der Waals surface area contributed by atoms with Crippen molar-refractivity contribution in [2.24, 2.45) is 0 Å². The van der Waals surface area contributed by atoms with Crippen LogP contribution in [0.15, 0.2) is 71.6 Å². The number of anilines is 1. The van der Waals surface area contributed by atoms with Gasteiger partial charge in [0, 0.05) is 22.8 Å². The average Bonchev–Trinajstić information content (AvgIpc) is 2.79. The van der Waals surface area contributed by atoms with Crippen LogP contribution in [0.3, 0.4) is 0 Å². The minimum atomic E-state index is -3.85. The Morgan fingerprint density at radius 3 is 2.27 bits per heavy atom. The number of carbonyl (C=O) groups excluding carboxylic acids is 1. The number of amides is 1. The van der Waals surface area contributed by atoms with Crippen LogP contribution in [0.4, 0.5) is 14.5 Å². The first kappa shape index (κ1) is 24.3. The van der Waals surface area contributed by atoms with Crippen LogP contribution in [-0.2, 0) is 16.6 Å². The minimum Gasteiger partial charge on any atom is -0.493 e. The summed E-state index contributed by atoms with van der Waals surface area (Å²) in [6, 6.07) is 15.9. The van der Waals surface area contributed by atoms with Gasteiger partial charge in [0.25, 0.3) is 15.9 Å². The molecule has 3 rings (SSSR count). The SMILES string of the molecule is COc1cc(CNC(=O)c2ccc(S(=O)(=O)Nc3ccc(Cl)cc3)cc2)ccc1OC(F)F. The summed E-state index contributed by atoms with van der Waals surface area (Å²) >= 11 is 5.80. The van der Waals surface area contributed by atoms with Crippen LogP contribution >= 0.6 is 11.6 Å². The predicted molar refractivity (Wildman–Crippen MR) is 119 cm³/mol. The van der Waals surface area contributed by atoms with Crippen LogP contribution in [0, 0.1) is 0 Å². The summed E-state index contributed by atoms with van der Waals surface area (Å²) < 4.78 is 61.7. The maximum atomic E-state index is 12.5. The van der Waals surface area contributed by atoms with Gasteiger partial charge in [0.15, 0.2) is 11.5 Å². The Labute approximate surface area is 194 Å². The molecule has 174 valence electrons. The van der Waals surface area contributed by atoms with Crippen molar-refractivity contribution in [1.29, 1.82) is 0 Å². The molecule has 11 heteroatoms. The number of nitrogens with one attached hydrogen (secondary N) is 2. The molecule has 2 N–H and O–H groups in total. The predicted octanol–water partition coefficient (Wildman–Crippen LogP) is 4.68. The standard InChI is InChI=1S/C22H19ClF2N2O5S/c1-31-20-12-14(2-11-19(20)32-22(24)25)13-26-21(28)15-3-9-18(10-4-15)33(29,30)27-17-7-5-16(23)6-8-17/h2-12,22,27H,13H2,1H3,(H,26,28). The van der Waals surface area contributed by atoms with E-state index in [1.807, 2.05) is 0 Å². The number of hydrogen-bond donors (Lipinski definition) is 2. The molecule has 0 spiro atoms. The summed E-state index contributed by atoms with van der Waals surface area (Å²) in [7, 11) is -2.54. The molecule has 3 aromatic carbocycles. The maximum Gasteiger partial charge on any atom is 0.387 e. The average molecular weight is 497 g/mol. The van der Waals surface area contributed by atoms with E-state index in [2.05, 4.69) is 14.8 Å². The van der Waals surface area contributed by atoms with Gasteiger partial charge in [-0.1, -0.05) is 17.7 Å². The van der Waals surface area contributed by atoms with Crippen LogP contribution in [0.25, 0.3) is 0 Å². The van der Waals surface area contributed by atoms with Gasteiger partial charge in [-0.2, -0.15) is 8.78 Å². The Bertz CT molecular complexity index is 1220. The number of benzene rings is 3. The van der Waals surface area contributed by atoms with E-state index in [1.165, 1.54) is 61.7 Å². The van der Waals surface area contributed by atoms with Gasteiger partial charge < -0.3 is 14.8 Å². The third kappa shape index (κ3) is 6.56. The summed E-state index contributed by atoms with van der Waals surface area (Å²) in [6.45, 7) is -2.90. The van der Waals surface area contributed by atoms with Crippen molar-refractivity contribution in [2.45, 2.75) is 18.1 Å². The highest BCUT2D eigenvalue weighted by molar-refractivity contribution is 7.92. The third-order valence-electron chi connectivity index (χ3n) is 4.42. The van der Waals surface area contributed by atoms with E-state index in [9.17, 15) is 22.0 Å². The summed E-state index contributed by atoms with van der Waals surface area (Å²) in [5.41, 5.74) is 1.18. The van der Waals surface area contributed by atoms with E-state index >= 15 is 0 Å². The molecule has 3 aromatic rings. The number of rotatable bonds is 9. The van der Waals surface area contributed by atoms with Gasteiger partial charge in [-0.05, 0) is 66.2 Å². The van der Waals surface area contributed by atoms with E-state index in [0.29, 0.717) is 16.3 Å². The highest BCUT2D eigenvalue weighted by Crippen LogP contribution is 2.29. The Kier molecular flexibility index (Phi) is 7.72. The first-order chi connectivity index (χ1) is 15.7. The first-order valence-corrected chi connectivity index (χ1v) is 11.3. The van der Waals surface area contributed by atoms with Crippen molar-refractivity contribution in [3.8, 4) is 11.5 Å². The molecule has 0 bridgehead atoms. The third-order valence-corrected chi connectivity index (χ3v) is 6.07. The Morgan fingerprint density at radius 2 is 1.67 bits per heavy atom. The molecule has 0 heterocycles. The smallest absolute Gasteiger partial charge is 0.387 e. The highest BCUT2D eigenvalue weighted by atomic mass is 35.5. The van der Waals surface area contributed by atoms with Crippen LogP contribution in [0.2, 0.25) is 5.02 Å². The molecule has 0 aliphatic rings. The monoisotopic (exact) mass is 496 g/mol. The number of halogens is 3. The van der Waals surface area contributed by atoms with Crippen molar-refractivity contribution in [3.63, 3.8) is 0 Å². The molecule has 0 aliphatic carbocycles. The lowest BCUT2D eigenvalue weighted by Gasteiger charge is -2.12. The van der Waals surface area contributed by atoms with E-state index in [0.717, 1.165) is 0 Å². The van der Waals surface area contributed by atoms with Gasteiger partial charge in [-0.3, -0.25) is 9.52 Å². The molecule has 0 atom stereocenters. The molecule has 0 aliphatic heterocycles. The lowest BCUT2D eigenvalue weighted by atomic mass is 10.1. The van der Waals surface area contributed by atoms with E-state index in [1.54, 1.807) is 12.1 Å². The van der Waals surface area contributed by atoms with Gasteiger partial charge >= 0.3 is 6.61 Å². The molecule has 1 amide bonds. The number of ether oxygens (including phenoxy) is 2. The minimum absolute atomic E-state index is 0.0200. The zero-order chi connectivity index (χ0) is 24.0. The summed E-state index contributed by atoms with van der Waals surface area (Å²) in [4.78, 5) is 12.4. The molecule has 7 nitrogen and oxygen atoms in total. The highest BCUT2D eigenvalue weighted by Gasteiger charge is 2.16. The summed E-state index contributed by atoms with van der Waals surface area (Å²) in [6.07, 6.45) is 0. The van der Waals surface area contributed by atoms with Gasteiger partial charge in [0.1, 0.15) is 0 Å². The van der Waals surface area contributed by atoms with Crippen LogP contribution in [0.5, 0.6) is 11.5 Å². The van der Waals surface area contributed by atoms with Crippen LogP contribution in [0.1, 0.15) is 15.9 Å². The van der Waals surface area contributed by atoms with Gasteiger partial charge in [-0.25, -0.2) is 8.42 Å². The largest absolute Gasteiger partial charge is 0.493 e. The fraction of sp³-hybridized carbons (Fsp3) is 0.136. The fourth-order valence-electron chi connectivity index (χ4n) is 2.82.